The van der Waals surface area contributed by atoms with E-state index in [-0.39, 0.29) is 6.29 Å². The summed E-state index contributed by atoms with van der Waals surface area (Å²) in [7, 11) is 5.37. The molecule has 2 rings (SSSR count). The molecule has 1 heterocycles. The number of anilines is 1. The first-order valence-electron chi connectivity index (χ1n) is 7.56. The Morgan fingerprint density at radius 2 is 2.14 bits per heavy atom. The van der Waals surface area contributed by atoms with Crippen LogP contribution in [-0.4, -0.2) is 58.2 Å². The molecule has 1 aromatic carbocycles. The zero-order valence-electron chi connectivity index (χ0n) is 13.5. The molecule has 1 aromatic rings. The first kappa shape index (κ1) is 17.3. The van der Waals surface area contributed by atoms with Crippen molar-refractivity contribution in [3.8, 4) is 5.75 Å². The number of nitrogens with zero attached hydrogens (tertiary/aromatic N) is 1. The molecule has 0 bridgehead atoms. The second kappa shape index (κ2) is 8.58. The maximum Gasteiger partial charge on any atom is 0.173 e. The molecule has 5 nitrogen and oxygen atoms in total. The van der Waals surface area contributed by atoms with Crippen LogP contribution in [-0.2, 0) is 9.47 Å². The molecule has 124 valence electrons. The number of likely N-dealkylation sites (tertiary alicyclic amines) is 1. The van der Waals surface area contributed by atoms with Gasteiger partial charge in [-0.1, -0.05) is 11.6 Å². The quantitative estimate of drug-likeness (QED) is 0.743. The summed E-state index contributed by atoms with van der Waals surface area (Å²) in [5.41, 5.74) is 0.929. The summed E-state index contributed by atoms with van der Waals surface area (Å²) in [4.78, 5) is 2.33. The SMILES string of the molecule is COC(CNc1ccc(Cl)c(OCC2CCCN2C)c1)OC. The van der Waals surface area contributed by atoms with Gasteiger partial charge in [0.05, 0.1) is 11.6 Å². The summed E-state index contributed by atoms with van der Waals surface area (Å²) in [6.45, 7) is 2.36. The Balaban J connectivity index is 1.91. The molecule has 0 spiro atoms. The normalized spacial score (nSPS) is 18.9. The van der Waals surface area contributed by atoms with Crippen molar-refractivity contribution in [3.63, 3.8) is 0 Å². The third-order valence-electron chi connectivity index (χ3n) is 4.03. The molecular formula is C16H25ClN2O3. The van der Waals surface area contributed by atoms with Gasteiger partial charge >= 0.3 is 0 Å². The van der Waals surface area contributed by atoms with Crippen LogP contribution in [0.4, 0.5) is 5.69 Å². The first-order chi connectivity index (χ1) is 10.6. The van der Waals surface area contributed by atoms with E-state index in [4.69, 9.17) is 25.8 Å². The van der Waals surface area contributed by atoms with Crippen LogP contribution in [0.2, 0.25) is 5.02 Å². The average molecular weight is 329 g/mol. The van der Waals surface area contributed by atoms with Crippen LogP contribution in [0, 0.1) is 0 Å². The molecule has 1 saturated heterocycles. The van der Waals surface area contributed by atoms with Crippen molar-refractivity contribution in [1.82, 2.24) is 4.90 Å². The highest BCUT2D eigenvalue weighted by molar-refractivity contribution is 6.32. The zero-order chi connectivity index (χ0) is 15.9. The lowest BCUT2D eigenvalue weighted by Crippen LogP contribution is -2.30. The molecule has 1 unspecified atom stereocenters. The van der Waals surface area contributed by atoms with Gasteiger partial charge < -0.3 is 24.4 Å². The van der Waals surface area contributed by atoms with E-state index in [1.165, 1.54) is 12.8 Å². The number of hydrogen-bond acceptors (Lipinski definition) is 5. The lowest BCUT2D eigenvalue weighted by Gasteiger charge is -2.20. The van der Waals surface area contributed by atoms with Gasteiger partial charge in [0.2, 0.25) is 0 Å². The molecule has 0 amide bonds. The molecule has 0 aliphatic carbocycles. The highest BCUT2D eigenvalue weighted by Gasteiger charge is 2.21. The van der Waals surface area contributed by atoms with Gasteiger partial charge in [-0.05, 0) is 38.6 Å². The Kier molecular flexibility index (Phi) is 6.76. The summed E-state index contributed by atoms with van der Waals surface area (Å²) in [5.74, 6) is 0.707. The van der Waals surface area contributed by atoms with Crippen LogP contribution in [0.1, 0.15) is 12.8 Å². The fourth-order valence-electron chi connectivity index (χ4n) is 2.56. The van der Waals surface area contributed by atoms with E-state index in [0.717, 1.165) is 12.2 Å². The Morgan fingerprint density at radius 1 is 1.36 bits per heavy atom. The topological polar surface area (TPSA) is 43.0 Å². The third-order valence-corrected chi connectivity index (χ3v) is 4.34. The number of methoxy groups -OCH3 is 2. The molecule has 1 aliphatic heterocycles. The fourth-order valence-corrected chi connectivity index (χ4v) is 2.74. The minimum Gasteiger partial charge on any atom is -0.490 e. The molecule has 1 fully saturated rings. The molecule has 1 N–H and O–H groups in total. The Morgan fingerprint density at radius 3 is 2.77 bits per heavy atom. The first-order valence-corrected chi connectivity index (χ1v) is 7.94. The van der Waals surface area contributed by atoms with Gasteiger partial charge in [0.1, 0.15) is 12.4 Å². The average Bonchev–Trinajstić information content (AvgIpc) is 2.93. The summed E-state index contributed by atoms with van der Waals surface area (Å²) >= 11 is 6.22. The van der Waals surface area contributed by atoms with Gasteiger partial charge in [-0.25, -0.2) is 0 Å². The second-order valence-electron chi connectivity index (χ2n) is 5.51. The van der Waals surface area contributed by atoms with Crippen LogP contribution >= 0.6 is 11.6 Å². The van der Waals surface area contributed by atoms with Crippen molar-refractivity contribution in [2.45, 2.75) is 25.2 Å². The van der Waals surface area contributed by atoms with E-state index < -0.39 is 0 Å². The van der Waals surface area contributed by atoms with Crippen molar-refractivity contribution >= 4 is 17.3 Å². The number of halogens is 1. The fraction of sp³-hybridized carbons (Fsp3) is 0.625. The Bertz CT molecular complexity index is 469. The summed E-state index contributed by atoms with van der Waals surface area (Å²) < 4.78 is 16.2. The van der Waals surface area contributed by atoms with Crippen LogP contribution in [0.15, 0.2) is 18.2 Å². The van der Waals surface area contributed by atoms with Crippen LogP contribution in [0.5, 0.6) is 5.75 Å². The second-order valence-corrected chi connectivity index (χ2v) is 5.92. The van der Waals surface area contributed by atoms with E-state index >= 15 is 0 Å². The Hall–Kier alpha value is -1.01. The van der Waals surface area contributed by atoms with Gasteiger partial charge in [-0.3, -0.25) is 0 Å². The smallest absolute Gasteiger partial charge is 0.173 e. The lowest BCUT2D eigenvalue weighted by atomic mass is 10.2. The van der Waals surface area contributed by atoms with E-state index in [1.54, 1.807) is 14.2 Å². The van der Waals surface area contributed by atoms with Crippen molar-refractivity contribution in [2.75, 3.05) is 46.3 Å². The predicted molar refractivity (Wildman–Crippen MR) is 88.9 cm³/mol. The van der Waals surface area contributed by atoms with Gasteiger partial charge in [-0.15, -0.1) is 0 Å². The number of hydrogen-bond donors (Lipinski definition) is 1. The number of likely N-dealkylation sites (N-methyl/N-ethyl adjacent to an activating group) is 1. The van der Waals surface area contributed by atoms with Gasteiger partial charge in [0.15, 0.2) is 6.29 Å². The molecular weight excluding hydrogens is 304 g/mol. The monoisotopic (exact) mass is 328 g/mol. The number of ether oxygens (including phenoxy) is 3. The van der Waals surface area contributed by atoms with E-state index in [0.29, 0.717) is 30.0 Å². The van der Waals surface area contributed by atoms with E-state index in [9.17, 15) is 0 Å². The molecule has 0 radical (unpaired) electrons. The Labute approximate surface area is 137 Å². The van der Waals surface area contributed by atoms with Crippen LogP contribution < -0.4 is 10.1 Å². The standard InChI is InChI=1S/C16H25ClN2O3/c1-19-8-4-5-13(19)11-22-15-9-12(6-7-14(15)17)18-10-16(20-2)21-3/h6-7,9,13,16,18H,4-5,8,10-11H2,1-3H3. The number of nitrogens with one attached hydrogen (secondary N) is 1. The largest absolute Gasteiger partial charge is 0.490 e. The molecule has 0 aromatic heterocycles. The summed E-state index contributed by atoms with van der Waals surface area (Å²) in [6.07, 6.45) is 2.12. The van der Waals surface area contributed by atoms with Crippen LogP contribution in [0.25, 0.3) is 0 Å². The molecule has 1 aliphatic rings. The lowest BCUT2D eigenvalue weighted by molar-refractivity contribution is -0.0914. The number of benzene rings is 1. The van der Waals surface area contributed by atoms with Crippen molar-refractivity contribution < 1.29 is 14.2 Å². The van der Waals surface area contributed by atoms with Crippen molar-refractivity contribution in [2.24, 2.45) is 0 Å². The van der Waals surface area contributed by atoms with Crippen molar-refractivity contribution in [3.05, 3.63) is 23.2 Å². The van der Waals surface area contributed by atoms with Crippen molar-refractivity contribution in [1.29, 1.82) is 0 Å². The molecule has 0 saturated carbocycles. The molecule has 6 heteroatoms. The van der Waals surface area contributed by atoms with E-state index in [1.807, 2.05) is 18.2 Å². The molecule has 1 atom stereocenters. The maximum absolute atomic E-state index is 6.22. The van der Waals surface area contributed by atoms with Gasteiger partial charge in [0.25, 0.3) is 0 Å². The number of rotatable bonds is 8. The minimum absolute atomic E-state index is 0.285. The highest BCUT2D eigenvalue weighted by Crippen LogP contribution is 2.29. The highest BCUT2D eigenvalue weighted by atomic mass is 35.5. The van der Waals surface area contributed by atoms with Gasteiger partial charge in [0, 0.05) is 32.0 Å². The minimum atomic E-state index is -0.285. The summed E-state index contributed by atoms with van der Waals surface area (Å²) in [6, 6.07) is 6.14. The molecule has 22 heavy (non-hydrogen) atoms. The van der Waals surface area contributed by atoms with E-state index in [2.05, 4.69) is 17.3 Å². The summed E-state index contributed by atoms with van der Waals surface area (Å²) in [5, 5.41) is 3.88. The maximum atomic E-state index is 6.22. The third kappa shape index (κ3) is 4.74. The zero-order valence-corrected chi connectivity index (χ0v) is 14.2. The van der Waals surface area contributed by atoms with Gasteiger partial charge in [-0.2, -0.15) is 0 Å². The predicted octanol–water partition coefficient (Wildman–Crippen LogP) is 2.84. The van der Waals surface area contributed by atoms with Crippen LogP contribution in [0.3, 0.4) is 0 Å².